The molecule has 1 saturated carbocycles. The molecule has 0 saturated heterocycles. The molecule has 0 radical (unpaired) electrons. The second-order valence-electron chi connectivity index (χ2n) is 9.82. The Hall–Kier alpha value is -3.49. The van der Waals surface area contributed by atoms with Crippen LogP contribution in [0.3, 0.4) is 0 Å². The monoisotopic (exact) mass is 538 g/mol. The van der Waals surface area contributed by atoms with Crippen molar-refractivity contribution in [3.05, 3.63) is 98.2 Å². The quantitative estimate of drug-likeness (QED) is 0.411. The van der Waals surface area contributed by atoms with Crippen LogP contribution in [0.5, 0.6) is 5.75 Å². The summed E-state index contributed by atoms with van der Waals surface area (Å²) >= 11 is 5.87. The first-order valence-electron chi connectivity index (χ1n) is 12.6. The number of amides is 1. The van der Waals surface area contributed by atoms with Gasteiger partial charge in [0.2, 0.25) is 5.43 Å². The van der Waals surface area contributed by atoms with Crippen LogP contribution in [-0.2, 0) is 19.6 Å². The second kappa shape index (κ2) is 10.3. The molecule has 2 aromatic carbocycles. The predicted octanol–water partition coefficient (Wildman–Crippen LogP) is 4.26. The van der Waals surface area contributed by atoms with Crippen molar-refractivity contribution in [3.8, 4) is 5.75 Å². The number of ketones is 1. The van der Waals surface area contributed by atoms with Crippen molar-refractivity contribution in [2.45, 2.75) is 44.9 Å². The average Bonchev–Trinajstić information content (AvgIpc) is 3.62. The lowest BCUT2D eigenvalue weighted by molar-refractivity contribution is 0.0505. The molecule has 2 heterocycles. The number of aryl methyl sites for hydroxylation is 1. The van der Waals surface area contributed by atoms with Gasteiger partial charge in [-0.05, 0) is 37.0 Å². The van der Waals surface area contributed by atoms with E-state index in [1.165, 1.54) is 12.3 Å². The number of ether oxygens (including phenoxy) is 1. The van der Waals surface area contributed by atoms with E-state index in [2.05, 4.69) is 0 Å². The van der Waals surface area contributed by atoms with Crippen LogP contribution >= 0.6 is 11.6 Å². The number of aliphatic hydroxyl groups is 1. The minimum Gasteiger partial charge on any atom is -0.483 e. The molecule has 1 amide bonds. The van der Waals surface area contributed by atoms with Gasteiger partial charge in [-0.3, -0.25) is 14.4 Å². The summed E-state index contributed by atoms with van der Waals surface area (Å²) in [5, 5.41) is 9.79. The number of carbonyl (C=O) groups excluding carboxylic acids is 2. The van der Waals surface area contributed by atoms with Crippen LogP contribution in [0.25, 0.3) is 0 Å². The maximum Gasteiger partial charge on any atom is 0.275 e. The molecule has 0 unspecified atom stereocenters. The second-order valence-corrected chi connectivity index (χ2v) is 10.2. The average molecular weight is 539 g/mol. The summed E-state index contributed by atoms with van der Waals surface area (Å²) in [6, 6.07) is 13.8. The summed E-state index contributed by atoms with van der Waals surface area (Å²) in [5.74, 6) is -1.70. The number of fused-ring (bicyclic) bond motifs is 1. The lowest BCUT2D eigenvalue weighted by atomic mass is 10.00. The van der Waals surface area contributed by atoms with Gasteiger partial charge in [0.1, 0.15) is 12.4 Å². The van der Waals surface area contributed by atoms with E-state index in [0.29, 0.717) is 19.5 Å². The number of hydrogen-bond donors (Lipinski definition) is 1. The number of pyridine rings is 1. The van der Waals surface area contributed by atoms with Gasteiger partial charge in [0.25, 0.3) is 5.91 Å². The van der Waals surface area contributed by atoms with E-state index in [1.807, 2.05) is 37.3 Å². The van der Waals surface area contributed by atoms with Crippen LogP contribution < -0.4 is 10.2 Å². The lowest BCUT2D eigenvalue weighted by Crippen LogP contribution is -2.52. The van der Waals surface area contributed by atoms with Crippen molar-refractivity contribution >= 4 is 23.3 Å². The number of benzene rings is 2. The summed E-state index contributed by atoms with van der Waals surface area (Å²) in [7, 11) is 0. The number of carbonyl (C=O) groups is 2. The van der Waals surface area contributed by atoms with Gasteiger partial charge in [-0.1, -0.05) is 54.1 Å². The smallest absolute Gasteiger partial charge is 0.275 e. The maximum absolute atomic E-state index is 14.4. The standard InChI is InChI=1S/C29H28ClFN2O5/c1-2-33-28(37)25-27(38-16-18-7-4-3-5-8-18)26(36)21(14-32(25)17-29(33)13-20(29)15-34)23(35)12-11-19-9-6-10-22(30)24(19)31/h3-10,14,20,34H,2,11-13,15-17H2,1H3/t20-,29-/m1/s1. The molecule has 9 heteroatoms. The molecule has 2 atom stereocenters. The number of Topliss-reactive ketones (excluding diaryl/α,β-unsaturated/α-hetero) is 1. The van der Waals surface area contributed by atoms with Crippen molar-refractivity contribution in [1.29, 1.82) is 0 Å². The van der Waals surface area contributed by atoms with Crippen LogP contribution in [-0.4, -0.2) is 45.0 Å². The highest BCUT2D eigenvalue weighted by Crippen LogP contribution is 2.52. The lowest BCUT2D eigenvalue weighted by Gasteiger charge is -2.39. The number of aliphatic hydroxyl groups excluding tert-OH is 1. The Morgan fingerprint density at radius 1 is 1.18 bits per heavy atom. The normalized spacial score (nSPS) is 19.9. The Morgan fingerprint density at radius 2 is 1.95 bits per heavy atom. The van der Waals surface area contributed by atoms with Gasteiger partial charge in [-0.15, -0.1) is 0 Å². The van der Waals surface area contributed by atoms with Gasteiger partial charge in [-0.25, -0.2) is 4.39 Å². The summed E-state index contributed by atoms with van der Waals surface area (Å²) in [5.41, 5.74) is -0.176. The number of hydrogen-bond acceptors (Lipinski definition) is 5. The maximum atomic E-state index is 14.4. The van der Waals surface area contributed by atoms with Gasteiger partial charge in [-0.2, -0.15) is 0 Å². The molecule has 198 valence electrons. The Kier molecular flexibility index (Phi) is 7.11. The van der Waals surface area contributed by atoms with Gasteiger partial charge in [0.05, 0.1) is 16.1 Å². The molecule has 38 heavy (non-hydrogen) atoms. The van der Waals surface area contributed by atoms with E-state index in [9.17, 15) is 23.9 Å². The highest BCUT2D eigenvalue weighted by Gasteiger charge is 2.61. The minimum atomic E-state index is -0.668. The Labute approximate surface area is 224 Å². The zero-order valence-corrected chi connectivity index (χ0v) is 21.7. The van der Waals surface area contributed by atoms with Crippen molar-refractivity contribution in [2.75, 3.05) is 13.2 Å². The molecule has 0 bridgehead atoms. The van der Waals surface area contributed by atoms with Crippen molar-refractivity contribution in [3.63, 3.8) is 0 Å². The first-order valence-corrected chi connectivity index (χ1v) is 13.0. The minimum absolute atomic E-state index is 0.0347. The van der Waals surface area contributed by atoms with Crippen LogP contribution in [0.2, 0.25) is 5.02 Å². The predicted molar refractivity (Wildman–Crippen MR) is 140 cm³/mol. The van der Waals surface area contributed by atoms with E-state index in [4.69, 9.17) is 16.3 Å². The SMILES string of the molecule is CCN1C(=O)c2c(OCc3ccccc3)c(=O)c(C(=O)CCc3cccc(Cl)c3F)cn2C[C@@]12C[C@@H]2CO. The molecule has 1 aliphatic heterocycles. The van der Waals surface area contributed by atoms with Gasteiger partial charge < -0.3 is 19.3 Å². The topological polar surface area (TPSA) is 88.8 Å². The first-order chi connectivity index (χ1) is 18.3. The zero-order valence-electron chi connectivity index (χ0n) is 21.0. The Morgan fingerprint density at radius 3 is 2.63 bits per heavy atom. The fourth-order valence-electron chi connectivity index (χ4n) is 5.47. The molecule has 7 nitrogen and oxygen atoms in total. The number of aromatic nitrogens is 1. The van der Waals surface area contributed by atoms with Gasteiger partial charge >= 0.3 is 0 Å². The molecule has 5 rings (SSSR count). The number of halogens is 2. The van der Waals surface area contributed by atoms with E-state index in [0.717, 1.165) is 5.56 Å². The molecule has 1 aromatic heterocycles. The molecular weight excluding hydrogens is 511 g/mol. The van der Waals surface area contributed by atoms with E-state index in [-0.39, 0.29) is 65.5 Å². The Bertz CT molecular complexity index is 1460. The molecule has 1 N–H and O–H groups in total. The van der Waals surface area contributed by atoms with Gasteiger partial charge in [0, 0.05) is 38.2 Å². The summed E-state index contributed by atoms with van der Waals surface area (Å²) in [4.78, 5) is 42.3. The Balaban J connectivity index is 1.53. The highest BCUT2D eigenvalue weighted by molar-refractivity contribution is 6.30. The molecule has 2 aliphatic rings. The summed E-state index contributed by atoms with van der Waals surface area (Å²) < 4.78 is 21.9. The third kappa shape index (κ3) is 4.52. The van der Waals surface area contributed by atoms with E-state index in [1.54, 1.807) is 21.6 Å². The van der Waals surface area contributed by atoms with Crippen LogP contribution in [0.15, 0.2) is 59.5 Å². The third-order valence-corrected chi connectivity index (χ3v) is 7.88. The fraction of sp³-hybridized carbons (Fsp3) is 0.345. The van der Waals surface area contributed by atoms with Crippen LogP contribution in [0.4, 0.5) is 4.39 Å². The molecule has 3 aromatic rings. The van der Waals surface area contributed by atoms with Crippen LogP contribution in [0, 0.1) is 11.7 Å². The number of nitrogens with zero attached hydrogens (tertiary/aromatic N) is 2. The largest absolute Gasteiger partial charge is 0.483 e. The van der Waals surface area contributed by atoms with Crippen LogP contribution in [0.1, 0.15) is 51.7 Å². The molecule has 1 spiro atoms. The molecule has 1 aliphatic carbocycles. The van der Waals surface area contributed by atoms with Gasteiger partial charge in [0.15, 0.2) is 17.2 Å². The third-order valence-electron chi connectivity index (χ3n) is 7.58. The van der Waals surface area contributed by atoms with Crippen molar-refractivity contribution in [2.24, 2.45) is 5.92 Å². The summed E-state index contributed by atoms with van der Waals surface area (Å²) in [6.07, 6.45) is 1.99. The first kappa shape index (κ1) is 26.1. The van der Waals surface area contributed by atoms with E-state index < -0.39 is 22.6 Å². The number of rotatable bonds is 9. The number of likely N-dealkylation sites (N-methyl/N-ethyl adjacent to an activating group) is 1. The van der Waals surface area contributed by atoms with Crippen molar-refractivity contribution < 1.29 is 23.8 Å². The molecule has 1 fully saturated rings. The highest BCUT2D eigenvalue weighted by atomic mass is 35.5. The molecular formula is C29H28ClFN2O5. The summed E-state index contributed by atoms with van der Waals surface area (Å²) in [6.45, 7) is 2.58. The zero-order chi connectivity index (χ0) is 27.0. The van der Waals surface area contributed by atoms with Crippen molar-refractivity contribution in [1.82, 2.24) is 9.47 Å². The van der Waals surface area contributed by atoms with E-state index >= 15 is 0 Å². The fourth-order valence-corrected chi connectivity index (χ4v) is 5.66.